The highest BCUT2D eigenvalue weighted by Crippen LogP contribution is 2.26. The maximum Gasteiger partial charge on any atom is 0.246 e. The van der Waals surface area contributed by atoms with Crippen LogP contribution in [-0.4, -0.2) is 53.1 Å². The number of carbonyl (C=O) groups excluding carboxylic acids is 1. The highest BCUT2D eigenvalue weighted by atomic mass is 32.2. The summed E-state index contributed by atoms with van der Waals surface area (Å²) in [5.74, 6) is -0.461. The molecule has 6 nitrogen and oxygen atoms in total. The topological polar surface area (TPSA) is 72.3 Å². The molecule has 0 spiro atoms. The van der Waals surface area contributed by atoms with Gasteiger partial charge >= 0.3 is 0 Å². The third kappa shape index (κ3) is 4.80. The van der Waals surface area contributed by atoms with E-state index in [0.717, 1.165) is 11.3 Å². The average Bonchev–Trinajstić information content (AvgIpc) is 3.37. The first-order valence-corrected chi connectivity index (χ1v) is 12.3. The molecule has 2 aromatic carbocycles. The van der Waals surface area contributed by atoms with E-state index >= 15 is 0 Å². The molecule has 32 heavy (non-hydrogen) atoms. The van der Waals surface area contributed by atoms with Crippen molar-refractivity contribution >= 4 is 21.8 Å². The lowest BCUT2D eigenvalue weighted by Crippen LogP contribution is -2.40. The average molecular weight is 454 g/mol. The molecule has 1 aliphatic heterocycles. The lowest BCUT2D eigenvalue weighted by molar-refractivity contribution is -0.127. The Labute approximate surface area is 186 Å². The zero-order chi connectivity index (χ0) is 22.7. The molecule has 1 aromatic heterocycles. The molecule has 1 aliphatic rings. The van der Waals surface area contributed by atoms with Crippen LogP contribution in [0.5, 0.6) is 0 Å². The number of benzene rings is 2. The van der Waals surface area contributed by atoms with Crippen molar-refractivity contribution in [3.05, 3.63) is 78.3 Å². The van der Waals surface area contributed by atoms with E-state index in [0.29, 0.717) is 24.2 Å². The van der Waals surface area contributed by atoms with Crippen molar-refractivity contribution in [3.63, 3.8) is 0 Å². The van der Waals surface area contributed by atoms with E-state index in [4.69, 9.17) is 0 Å². The highest BCUT2D eigenvalue weighted by Gasteiger charge is 2.33. The molecule has 1 fully saturated rings. The predicted octanol–water partition coefficient (Wildman–Crippen LogP) is 3.73. The fourth-order valence-electron chi connectivity index (χ4n) is 3.93. The maximum atomic E-state index is 13.4. The van der Waals surface area contributed by atoms with E-state index in [9.17, 15) is 17.6 Å². The second kappa shape index (κ2) is 9.08. The lowest BCUT2D eigenvalue weighted by Gasteiger charge is -2.25. The third-order valence-electron chi connectivity index (χ3n) is 5.56. The third-order valence-corrected chi connectivity index (χ3v) is 7.31. The van der Waals surface area contributed by atoms with Gasteiger partial charge < -0.3 is 4.90 Å². The summed E-state index contributed by atoms with van der Waals surface area (Å²) in [5, 5.41) is 4.66. The van der Waals surface area contributed by atoms with Crippen LogP contribution < -0.4 is 0 Å². The van der Waals surface area contributed by atoms with Gasteiger partial charge in [0.2, 0.25) is 5.91 Å². The van der Waals surface area contributed by atoms with Crippen LogP contribution in [0.3, 0.4) is 0 Å². The van der Waals surface area contributed by atoms with Gasteiger partial charge in [0.1, 0.15) is 5.82 Å². The van der Waals surface area contributed by atoms with Crippen molar-refractivity contribution in [3.8, 4) is 16.9 Å². The summed E-state index contributed by atoms with van der Waals surface area (Å²) in [6.07, 6.45) is 5.41. The Hall–Kier alpha value is -3.26. The smallest absolute Gasteiger partial charge is 0.246 e. The van der Waals surface area contributed by atoms with Crippen molar-refractivity contribution in [2.75, 3.05) is 18.1 Å². The van der Waals surface area contributed by atoms with Crippen LogP contribution in [0.2, 0.25) is 0 Å². The Morgan fingerprint density at radius 1 is 1.19 bits per heavy atom. The Kier molecular flexibility index (Phi) is 6.23. The molecule has 0 saturated carbocycles. The van der Waals surface area contributed by atoms with Crippen molar-refractivity contribution in [2.24, 2.45) is 0 Å². The van der Waals surface area contributed by atoms with Crippen molar-refractivity contribution in [1.82, 2.24) is 14.7 Å². The molecule has 1 amide bonds. The molecule has 0 radical (unpaired) electrons. The van der Waals surface area contributed by atoms with E-state index in [2.05, 4.69) is 5.10 Å². The summed E-state index contributed by atoms with van der Waals surface area (Å²) in [7, 11) is -3.09. The standard InChI is InChI=1S/C24H24FN3O3S/c1-2-27(22-14-15-32(30,31)17-22)23(29)13-10-19-16-28(21-6-4-3-5-7-21)26-24(19)18-8-11-20(25)12-9-18/h3-13,16,22H,2,14-15,17H2,1H3/b13-10-/t22-/m1/s1. The first-order chi connectivity index (χ1) is 15.4. The second-order valence-electron chi connectivity index (χ2n) is 7.73. The minimum absolute atomic E-state index is 0.00713. The highest BCUT2D eigenvalue weighted by molar-refractivity contribution is 7.91. The van der Waals surface area contributed by atoms with Crippen molar-refractivity contribution in [2.45, 2.75) is 19.4 Å². The number of likely N-dealkylation sites (N-methyl/N-ethyl adjacent to an activating group) is 1. The van der Waals surface area contributed by atoms with Crippen LogP contribution in [-0.2, 0) is 14.6 Å². The number of hydrogen-bond acceptors (Lipinski definition) is 4. The van der Waals surface area contributed by atoms with Gasteiger partial charge in [0.05, 0.1) is 22.9 Å². The number of rotatable bonds is 6. The zero-order valence-corrected chi connectivity index (χ0v) is 18.5. The number of carbonyl (C=O) groups is 1. The van der Waals surface area contributed by atoms with E-state index in [1.807, 2.05) is 43.5 Å². The summed E-state index contributed by atoms with van der Waals surface area (Å²) in [6, 6.07) is 15.3. The van der Waals surface area contributed by atoms with Gasteiger partial charge in [-0.15, -0.1) is 0 Å². The van der Waals surface area contributed by atoms with Crippen LogP contribution in [0.1, 0.15) is 18.9 Å². The number of hydrogen-bond donors (Lipinski definition) is 0. The molecule has 4 rings (SSSR count). The van der Waals surface area contributed by atoms with Crippen molar-refractivity contribution < 1.29 is 17.6 Å². The molecule has 2 heterocycles. The summed E-state index contributed by atoms with van der Waals surface area (Å²) >= 11 is 0. The van der Waals surface area contributed by atoms with Gasteiger partial charge in [-0.25, -0.2) is 17.5 Å². The number of halogens is 1. The second-order valence-corrected chi connectivity index (χ2v) is 9.96. The zero-order valence-electron chi connectivity index (χ0n) is 17.7. The Morgan fingerprint density at radius 2 is 1.91 bits per heavy atom. The predicted molar refractivity (Wildman–Crippen MR) is 122 cm³/mol. The molecule has 8 heteroatoms. The summed E-state index contributed by atoms with van der Waals surface area (Å²) < 4.78 is 38.8. The van der Waals surface area contributed by atoms with E-state index in [1.54, 1.807) is 27.8 Å². The number of aromatic nitrogens is 2. The molecule has 1 atom stereocenters. The van der Waals surface area contributed by atoms with Crippen LogP contribution >= 0.6 is 0 Å². The fourth-order valence-corrected chi connectivity index (χ4v) is 5.66. The quantitative estimate of drug-likeness (QED) is 0.533. The molecule has 0 N–H and O–H groups in total. The Bertz CT molecular complexity index is 1240. The molecule has 1 saturated heterocycles. The first kappa shape index (κ1) is 22.0. The monoisotopic (exact) mass is 453 g/mol. The van der Waals surface area contributed by atoms with Gasteiger partial charge in [-0.1, -0.05) is 18.2 Å². The van der Waals surface area contributed by atoms with E-state index in [-0.39, 0.29) is 29.3 Å². The van der Waals surface area contributed by atoms with Crippen LogP contribution in [0.15, 0.2) is 66.9 Å². The number of sulfone groups is 1. The van der Waals surface area contributed by atoms with E-state index < -0.39 is 9.84 Å². The summed E-state index contributed by atoms with van der Waals surface area (Å²) in [4.78, 5) is 14.5. The molecule has 0 aliphatic carbocycles. The van der Waals surface area contributed by atoms with Crippen molar-refractivity contribution in [1.29, 1.82) is 0 Å². The van der Waals surface area contributed by atoms with E-state index in [1.165, 1.54) is 18.2 Å². The van der Waals surface area contributed by atoms with Gasteiger partial charge in [-0.05, 0) is 55.8 Å². The number of amides is 1. The molecule has 0 bridgehead atoms. The van der Waals surface area contributed by atoms with Gasteiger partial charge in [-0.2, -0.15) is 5.10 Å². The SMILES string of the molecule is CCN(C(=O)/C=C\c1cn(-c2ccccc2)nc1-c1ccc(F)cc1)[C@@H]1CCS(=O)(=O)C1. The Balaban J connectivity index is 1.65. The molecular weight excluding hydrogens is 429 g/mol. The fraction of sp³-hybridized carbons (Fsp3) is 0.250. The summed E-state index contributed by atoms with van der Waals surface area (Å²) in [6.45, 7) is 2.27. The number of para-hydroxylation sites is 1. The molecule has 0 unspecified atom stereocenters. The van der Waals surface area contributed by atoms with Crippen LogP contribution in [0.4, 0.5) is 4.39 Å². The van der Waals surface area contributed by atoms with Gasteiger partial charge in [-0.3, -0.25) is 4.79 Å². The molecule has 3 aromatic rings. The molecule has 166 valence electrons. The largest absolute Gasteiger partial charge is 0.335 e. The van der Waals surface area contributed by atoms with Crippen LogP contribution in [0, 0.1) is 5.82 Å². The minimum Gasteiger partial charge on any atom is -0.335 e. The Morgan fingerprint density at radius 3 is 2.53 bits per heavy atom. The van der Waals surface area contributed by atoms with Gasteiger partial charge in [0.15, 0.2) is 9.84 Å². The maximum absolute atomic E-state index is 13.4. The number of nitrogens with zero attached hydrogens (tertiary/aromatic N) is 3. The minimum atomic E-state index is -3.09. The van der Waals surface area contributed by atoms with Gasteiger partial charge in [0.25, 0.3) is 0 Å². The molecular formula is C24H24FN3O3S. The summed E-state index contributed by atoms with van der Waals surface area (Å²) in [5.41, 5.74) is 2.89. The van der Waals surface area contributed by atoms with Gasteiger partial charge in [0, 0.05) is 36.0 Å². The first-order valence-electron chi connectivity index (χ1n) is 10.5. The lowest BCUT2D eigenvalue weighted by atomic mass is 10.1. The normalized spacial score (nSPS) is 17.6. The van der Waals surface area contributed by atoms with Crippen LogP contribution in [0.25, 0.3) is 23.0 Å².